The zero-order chi connectivity index (χ0) is 20.4. The first-order chi connectivity index (χ1) is 14.0. The topological polar surface area (TPSA) is 46.3 Å². The van der Waals surface area contributed by atoms with Crippen LogP contribution in [-0.4, -0.2) is 10.9 Å². The number of halogens is 2. The van der Waals surface area contributed by atoms with Gasteiger partial charge in [-0.15, -0.1) is 0 Å². The highest BCUT2D eigenvalue weighted by molar-refractivity contribution is 7.22. The van der Waals surface area contributed by atoms with Crippen molar-refractivity contribution in [3.05, 3.63) is 87.8 Å². The van der Waals surface area contributed by atoms with Gasteiger partial charge in [-0.3, -0.25) is 9.69 Å². The van der Waals surface area contributed by atoms with Gasteiger partial charge in [-0.05, 0) is 54.5 Å². The average molecular weight is 443 g/mol. The SMILES string of the molecule is Cc1cc(Cl)cc2sc(N(Cc3ccco3)C(=O)/C=C/c3ccccc3Cl)nc12. The molecule has 2 heterocycles. The molecule has 0 saturated carbocycles. The van der Waals surface area contributed by atoms with Crippen LogP contribution in [0.2, 0.25) is 10.0 Å². The Hall–Kier alpha value is -2.60. The summed E-state index contributed by atoms with van der Waals surface area (Å²) in [4.78, 5) is 19.4. The van der Waals surface area contributed by atoms with E-state index in [1.165, 1.54) is 17.4 Å². The van der Waals surface area contributed by atoms with E-state index in [2.05, 4.69) is 0 Å². The maximum atomic E-state index is 13.1. The fourth-order valence-electron chi connectivity index (χ4n) is 2.92. The van der Waals surface area contributed by atoms with Crippen molar-refractivity contribution >= 4 is 61.9 Å². The molecule has 0 atom stereocenters. The summed E-state index contributed by atoms with van der Waals surface area (Å²) in [5.41, 5.74) is 2.57. The number of nitrogens with zero attached hydrogens (tertiary/aromatic N) is 2. The van der Waals surface area contributed by atoms with Crippen LogP contribution in [0.3, 0.4) is 0 Å². The molecule has 29 heavy (non-hydrogen) atoms. The van der Waals surface area contributed by atoms with Crippen molar-refractivity contribution in [2.45, 2.75) is 13.5 Å². The van der Waals surface area contributed by atoms with E-state index in [4.69, 9.17) is 32.6 Å². The number of fused-ring (bicyclic) bond motifs is 1. The maximum absolute atomic E-state index is 13.1. The zero-order valence-electron chi connectivity index (χ0n) is 15.4. The number of aryl methyl sites for hydroxylation is 1. The molecule has 146 valence electrons. The van der Waals surface area contributed by atoms with Crippen LogP contribution >= 0.6 is 34.5 Å². The lowest BCUT2D eigenvalue weighted by molar-refractivity contribution is -0.114. The van der Waals surface area contributed by atoms with E-state index in [0.29, 0.717) is 20.9 Å². The number of anilines is 1. The van der Waals surface area contributed by atoms with Crippen LogP contribution < -0.4 is 4.90 Å². The summed E-state index contributed by atoms with van der Waals surface area (Å²) in [6, 6.07) is 14.7. The number of carbonyl (C=O) groups is 1. The Balaban J connectivity index is 1.71. The molecule has 4 nitrogen and oxygen atoms in total. The van der Waals surface area contributed by atoms with Gasteiger partial charge in [0.15, 0.2) is 5.13 Å². The highest BCUT2D eigenvalue weighted by Crippen LogP contribution is 2.34. The number of carbonyl (C=O) groups excluding carboxylic acids is 1. The van der Waals surface area contributed by atoms with Crippen molar-refractivity contribution in [2.75, 3.05) is 4.90 Å². The van der Waals surface area contributed by atoms with Crippen LogP contribution in [0, 0.1) is 6.92 Å². The second-order valence-electron chi connectivity index (χ2n) is 6.42. The second kappa shape index (κ2) is 8.41. The van der Waals surface area contributed by atoms with Gasteiger partial charge in [-0.2, -0.15) is 0 Å². The minimum Gasteiger partial charge on any atom is -0.467 e. The molecule has 0 aliphatic carbocycles. The van der Waals surface area contributed by atoms with E-state index in [1.807, 2.05) is 43.3 Å². The van der Waals surface area contributed by atoms with E-state index in [1.54, 1.807) is 29.4 Å². The van der Waals surface area contributed by atoms with Crippen LogP contribution in [0.4, 0.5) is 5.13 Å². The molecule has 0 spiro atoms. The molecule has 0 N–H and O–H groups in total. The molecule has 2 aromatic carbocycles. The molecule has 4 rings (SSSR count). The van der Waals surface area contributed by atoms with Crippen LogP contribution in [0.5, 0.6) is 0 Å². The van der Waals surface area contributed by atoms with Gasteiger partial charge < -0.3 is 4.42 Å². The summed E-state index contributed by atoms with van der Waals surface area (Å²) in [6.45, 7) is 2.22. The first kappa shape index (κ1) is 19.7. The molecule has 0 aliphatic rings. The molecule has 7 heteroatoms. The van der Waals surface area contributed by atoms with E-state index in [-0.39, 0.29) is 12.5 Å². The molecule has 4 aromatic rings. The van der Waals surface area contributed by atoms with E-state index >= 15 is 0 Å². The third-order valence-corrected chi connectivity index (χ3v) is 5.93. The molecular weight excluding hydrogens is 427 g/mol. The fourth-order valence-corrected chi connectivity index (χ4v) is 4.54. The number of thiazole rings is 1. The lowest BCUT2D eigenvalue weighted by atomic mass is 10.2. The van der Waals surface area contributed by atoms with Gasteiger partial charge in [0, 0.05) is 16.1 Å². The third kappa shape index (κ3) is 4.37. The van der Waals surface area contributed by atoms with Crippen LogP contribution in [0.1, 0.15) is 16.9 Å². The number of hydrogen-bond acceptors (Lipinski definition) is 4. The predicted molar refractivity (Wildman–Crippen MR) is 120 cm³/mol. The lowest BCUT2D eigenvalue weighted by Gasteiger charge is -2.16. The van der Waals surface area contributed by atoms with Gasteiger partial charge in [-0.25, -0.2) is 4.98 Å². The molecule has 0 unspecified atom stereocenters. The number of amides is 1. The van der Waals surface area contributed by atoms with E-state index in [0.717, 1.165) is 21.3 Å². The average Bonchev–Trinajstić information content (AvgIpc) is 3.34. The second-order valence-corrected chi connectivity index (χ2v) is 8.28. The standard InChI is InChI=1S/C22H16Cl2N2O2S/c1-14-11-16(23)12-19-21(14)25-22(29-19)26(13-17-6-4-10-28-17)20(27)9-8-15-5-2-3-7-18(15)24/h2-12H,13H2,1H3/b9-8+. The summed E-state index contributed by atoms with van der Waals surface area (Å²) >= 11 is 13.8. The molecule has 0 fully saturated rings. The molecule has 0 radical (unpaired) electrons. The minimum absolute atomic E-state index is 0.218. The van der Waals surface area contributed by atoms with Crippen LogP contribution in [0.15, 0.2) is 65.3 Å². The Kier molecular flexibility index (Phi) is 5.72. The molecular formula is C22H16Cl2N2O2S. The van der Waals surface area contributed by atoms with Gasteiger partial charge in [0.2, 0.25) is 0 Å². The highest BCUT2D eigenvalue weighted by atomic mass is 35.5. The first-order valence-corrected chi connectivity index (χ1v) is 10.4. The van der Waals surface area contributed by atoms with Gasteiger partial charge in [-0.1, -0.05) is 52.7 Å². The summed E-state index contributed by atoms with van der Waals surface area (Å²) < 4.78 is 6.38. The van der Waals surface area contributed by atoms with Crippen LogP contribution in [0.25, 0.3) is 16.3 Å². The van der Waals surface area contributed by atoms with E-state index < -0.39 is 0 Å². The summed E-state index contributed by atoms with van der Waals surface area (Å²) in [6.07, 6.45) is 4.78. The Morgan fingerprint density at radius 3 is 2.79 bits per heavy atom. The first-order valence-electron chi connectivity index (χ1n) is 8.84. The van der Waals surface area contributed by atoms with Gasteiger partial charge >= 0.3 is 0 Å². The normalized spacial score (nSPS) is 11.4. The number of furan rings is 1. The highest BCUT2D eigenvalue weighted by Gasteiger charge is 2.20. The lowest BCUT2D eigenvalue weighted by Crippen LogP contribution is -2.28. The van der Waals surface area contributed by atoms with Crippen molar-refractivity contribution in [3.8, 4) is 0 Å². The molecule has 0 bridgehead atoms. The quantitative estimate of drug-likeness (QED) is 0.321. The van der Waals surface area contributed by atoms with Gasteiger partial charge in [0.25, 0.3) is 5.91 Å². The Labute approximate surface area is 182 Å². The fraction of sp³-hybridized carbons (Fsp3) is 0.0909. The molecule has 0 saturated heterocycles. The number of hydrogen-bond donors (Lipinski definition) is 0. The zero-order valence-corrected chi connectivity index (χ0v) is 17.8. The predicted octanol–water partition coefficient (Wildman–Crippen LogP) is 6.75. The molecule has 1 amide bonds. The minimum atomic E-state index is -0.218. The summed E-state index contributed by atoms with van der Waals surface area (Å²) in [5, 5.41) is 1.81. The van der Waals surface area contributed by atoms with Crippen molar-refractivity contribution < 1.29 is 9.21 Å². The largest absolute Gasteiger partial charge is 0.467 e. The number of benzene rings is 2. The summed E-state index contributed by atoms with van der Waals surface area (Å²) in [5.74, 6) is 0.447. The number of aromatic nitrogens is 1. The van der Waals surface area contributed by atoms with Crippen molar-refractivity contribution in [3.63, 3.8) is 0 Å². The molecule has 0 aliphatic heterocycles. The monoisotopic (exact) mass is 442 g/mol. The van der Waals surface area contributed by atoms with Gasteiger partial charge in [0.1, 0.15) is 5.76 Å². The Bertz CT molecular complexity index is 1200. The smallest absolute Gasteiger partial charge is 0.253 e. The summed E-state index contributed by atoms with van der Waals surface area (Å²) in [7, 11) is 0. The Morgan fingerprint density at radius 2 is 2.03 bits per heavy atom. The van der Waals surface area contributed by atoms with E-state index in [9.17, 15) is 4.79 Å². The number of rotatable bonds is 5. The third-order valence-electron chi connectivity index (χ3n) is 4.34. The van der Waals surface area contributed by atoms with Gasteiger partial charge in [0.05, 0.1) is 23.0 Å². The van der Waals surface area contributed by atoms with Crippen molar-refractivity contribution in [1.82, 2.24) is 4.98 Å². The Morgan fingerprint density at radius 1 is 1.21 bits per heavy atom. The van der Waals surface area contributed by atoms with Crippen LogP contribution in [-0.2, 0) is 11.3 Å². The maximum Gasteiger partial charge on any atom is 0.253 e. The van der Waals surface area contributed by atoms with Crippen molar-refractivity contribution in [2.24, 2.45) is 0 Å². The van der Waals surface area contributed by atoms with Crippen molar-refractivity contribution in [1.29, 1.82) is 0 Å². The molecule has 2 aromatic heterocycles.